The van der Waals surface area contributed by atoms with Crippen LogP contribution in [-0.4, -0.2) is 53.0 Å². The minimum Gasteiger partial charge on any atom is -0.444 e. The number of nitrogens with one attached hydrogen (secondary N) is 2. The number of nitrogens with zero attached hydrogens (tertiary/aromatic N) is 1. The lowest BCUT2D eigenvalue weighted by atomic mass is 10.0. The first kappa shape index (κ1) is 29.9. The van der Waals surface area contributed by atoms with Crippen molar-refractivity contribution in [2.45, 2.75) is 71.1 Å². The maximum Gasteiger partial charge on any atom is 0.408 e. The number of ether oxygens (including phenoxy) is 1. The maximum atomic E-state index is 13.6. The third-order valence-corrected chi connectivity index (χ3v) is 5.60. The zero-order chi connectivity index (χ0) is 26.4. The summed E-state index contributed by atoms with van der Waals surface area (Å²) >= 11 is 1.53. The van der Waals surface area contributed by atoms with Crippen molar-refractivity contribution in [3.63, 3.8) is 0 Å². The van der Waals surface area contributed by atoms with Crippen LogP contribution in [0.15, 0.2) is 24.3 Å². The van der Waals surface area contributed by atoms with E-state index >= 15 is 0 Å². The molecular formula is C27H37N3O4S. The number of unbranched alkanes of at least 4 members (excludes halogenated alkanes) is 2. The molecule has 35 heavy (non-hydrogen) atoms. The van der Waals surface area contributed by atoms with Gasteiger partial charge >= 0.3 is 6.09 Å². The molecule has 0 aromatic heterocycles. The average molecular weight is 500 g/mol. The number of rotatable bonds is 12. The van der Waals surface area contributed by atoms with Crippen LogP contribution in [0.25, 0.3) is 0 Å². The zero-order valence-electron chi connectivity index (χ0n) is 21.3. The van der Waals surface area contributed by atoms with Gasteiger partial charge in [-0.15, -0.1) is 6.42 Å². The van der Waals surface area contributed by atoms with E-state index in [1.54, 1.807) is 45.0 Å². The van der Waals surface area contributed by atoms with Crippen molar-refractivity contribution in [3.05, 3.63) is 35.4 Å². The third-order valence-electron chi connectivity index (χ3n) is 4.96. The van der Waals surface area contributed by atoms with Crippen LogP contribution in [0, 0.1) is 24.8 Å². The summed E-state index contributed by atoms with van der Waals surface area (Å²) in [4.78, 5) is 40.3. The van der Waals surface area contributed by atoms with Gasteiger partial charge in [0.05, 0.1) is 0 Å². The van der Waals surface area contributed by atoms with E-state index in [1.165, 1.54) is 11.8 Å². The van der Waals surface area contributed by atoms with Gasteiger partial charge in [0.25, 0.3) is 5.91 Å². The van der Waals surface area contributed by atoms with Gasteiger partial charge in [-0.3, -0.25) is 14.5 Å². The Kier molecular flexibility index (Phi) is 12.8. The quantitative estimate of drug-likeness (QED) is 0.257. The van der Waals surface area contributed by atoms with Crippen LogP contribution in [0.1, 0.15) is 70.5 Å². The number of carbonyl (C=O) groups is 3. The largest absolute Gasteiger partial charge is 0.444 e. The van der Waals surface area contributed by atoms with Crippen molar-refractivity contribution in [1.82, 2.24) is 15.5 Å². The lowest BCUT2D eigenvalue weighted by Gasteiger charge is -2.30. The van der Waals surface area contributed by atoms with Crippen molar-refractivity contribution in [3.8, 4) is 24.8 Å². The number of hydrogen-bond donors (Lipinski definition) is 2. The van der Waals surface area contributed by atoms with Crippen LogP contribution < -0.4 is 10.6 Å². The van der Waals surface area contributed by atoms with Crippen molar-refractivity contribution >= 4 is 29.7 Å². The molecule has 0 fully saturated rings. The average Bonchev–Trinajstić information content (AvgIpc) is 2.81. The third kappa shape index (κ3) is 10.4. The van der Waals surface area contributed by atoms with Gasteiger partial charge in [0.1, 0.15) is 17.7 Å². The first-order chi connectivity index (χ1) is 16.6. The Morgan fingerprint density at radius 2 is 1.80 bits per heavy atom. The number of thioether (sulfide) groups is 1. The summed E-state index contributed by atoms with van der Waals surface area (Å²) in [5.74, 6) is 2.16. The van der Waals surface area contributed by atoms with E-state index in [2.05, 4.69) is 29.5 Å². The van der Waals surface area contributed by atoms with Crippen LogP contribution in [0.3, 0.4) is 0 Å². The zero-order valence-corrected chi connectivity index (χ0v) is 22.2. The van der Waals surface area contributed by atoms with Crippen molar-refractivity contribution in [1.29, 1.82) is 0 Å². The van der Waals surface area contributed by atoms with E-state index in [1.807, 2.05) is 6.26 Å². The molecule has 1 rings (SSSR count). The van der Waals surface area contributed by atoms with Crippen LogP contribution in [0.4, 0.5) is 4.79 Å². The van der Waals surface area contributed by atoms with Gasteiger partial charge in [0.2, 0.25) is 5.91 Å². The Morgan fingerprint density at radius 1 is 1.14 bits per heavy atom. The Labute approximate surface area is 214 Å². The Morgan fingerprint density at radius 3 is 2.31 bits per heavy atom. The molecule has 190 valence electrons. The molecule has 0 aliphatic rings. The Hall–Kier alpha value is -3.10. The van der Waals surface area contributed by atoms with Gasteiger partial charge in [-0.25, -0.2) is 4.79 Å². The fourth-order valence-electron chi connectivity index (χ4n) is 3.24. The highest BCUT2D eigenvalue weighted by Crippen LogP contribution is 2.23. The number of carbonyl (C=O) groups excluding carboxylic acids is 3. The second-order valence-corrected chi connectivity index (χ2v) is 9.97. The lowest BCUT2D eigenvalue weighted by molar-refractivity contribution is -0.138. The second kappa shape index (κ2) is 15.0. The monoisotopic (exact) mass is 499 g/mol. The number of amides is 3. The predicted molar refractivity (Wildman–Crippen MR) is 141 cm³/mol. The van der Waals surface area contributed by atoms with E-state index in [4.69, 9.17) is 17.6 Å². The standard InChI is InChI=1S/C27H37N3O4S/c1-8-11-12-18-28-24(31)23(21-15-13-20(9-2)14-16-21)30(10-3)25(32)22(17-19-35-7)29-26(33)34-27(4,5)6/h2-3,13-16,22-23H,8,11-12,17-19H2,1,4-7H3,(H,28,31)(H,29,33). The minimum absolute atomic E-state index is 0.318. The predicted octanol–water partition coefficient (Wildman–Crippen LogP) is 4.08. The minimum atomic E-state index is -1.09. The molecule has 2 atom stereocenters. The highest BCUT2D eigenvalue weighted by molar-refractivity contribution is 7.98. The number of alkyl carbamates (subject to hydrolysis) is 1. The topological polar surface area (TPSA) is 87.7 Å². The first-order valence-electron chi connectivity index (χ1n) is 11.7. The highest BCUT2D eigenvalue weighted by Gasteiger charge is 2.35. The molecule has 1 aromatic rings. The van der Waals surface area contributed by atoms with Gasteiger partial charge in [0, 0.05) is 18.2 Å². The molecular weight excluding hydrogens is 462 g/mol. The molecule has 7 nitrogen and oxygen atoms in total. The van der Waals surface area contributed by atoms with Gasteiger partial charge in [-0.1, -0.05) is 44.2 Å². The second-order valence-electron chi connectivity index (χ2n) is 8.98. The summed E-state index contributed by atoms with van der Waals surface area (Å²) in [7, 11) is 0. The molecule has 0 bridgehead atoms. The van der Waals surface area contributed by atoms with Crippen LogP contribution in [-0.2, 0) is 14.3 Å². The van der Waals surface area contributed by atoms with E-state index in [0.29, 0.717) is 29.8 Å². The lowest BCUT2D eigenvalue weighted by Crippen LogP contribution is -2.51. The maximum absolute atomic E-state index is 13.6. The van der Waals surface area contributed by atoms with Crippen LogP contribution in [0.2, 0.25) is 0 Å². The molecule has 2 N–H and O–H groups in total. The van der Waals surface area contributed by atoms with Gasteiger partial charge < -0.3 is 15.4 Å². The van der Waals surface area contributed by atoms with E-state index < -0.39 is 35.6 Å². The van der Waals surface area contributed by atoms with E-state index in [9.17, 15) is 14.4 Å². The van der Waals surface area contributed by atoms with E-state index in [0.717, 1.165) is 24.2 Å². The summed E-state index contributed by atoms with van der Waals surface area (Å²) in [5.41, 5.74) is 0.422. The normalized spacial score (nSPS) is 12.4. The van der Waals surface area contributed by atoms with E-state index in [-0.39, 0.29) is 0 Å². The Bertz CT molecular complexity index is 926. The van der Waals surface area contributed by atoms with Crippen molar-refractivity contribution in [2.75, 3.05) is 18.6 Å². The number of benzene rings is 1. The fourth-order valence-corrected chi connectivity index (χ4v) is 3.71. The molecule has 0 heterocycles. The first-order valence-corrected chi connectivity index (χ1v) is 13.1. The summed E-state index contributed by atoms with van der Waals surface area (Å²) < 4.78 is 5.33. The van der Waals surface area contributed by atoms with Crippen molar-refractivity contribution in [2.24, 2.45) is 0 Å². The molecule has 2 unspecified atom stereocenters. The summed E-state index contributed by atoms with van der Waals surface area (Å²) in [6.07, 6.45) is 15.5. The molecule has 8 heteroatoms. The smallest absolute Gasteiger partial charge is 0.408 e. The van der Waals surface area contributed by atoms with Gasteiger partial charge in [0.15, 0.2) is 0 Å². The molecule has 0 saturated heterocycles. The Balaban J connectivity index is 3.29. The summed E-state index contributed by atoms with van der Waals surface area (Å²) in [5, 5.41) is 5.51. The summed E-state index contributed by atoms with van der Waals surface area (Å²) in [6.45, 7) is 7.74. The highest BCUT2D eigenvalue weighted by atomic mass is 32.2. The molecule has 0 aliphatic heterocycles. The molecule has 0 saturated carbocycles. The van der Waals surface area contributed by atoms with Crippen molar-refractivity contribution < 1.29 is 19.1 Å². The number of terminal acetylenes is 2. The fraction of sp³-hybridized carbons (Fsp3) is 0.519. The van der Waals surface area contributed by atoms with Crippen LogP contribution >= 0.6 is 11.8 Å². The summed E-state index contributed by atoms with van der Waals surface area (Å²) in [6, 6.07) is 7.07. The molecule has 0 radical (unpaired) electrons. The molecule has 3 amide bonds. The molecule has 0 spiro atoms. The van der Waals surface area contributed by atoms with Gasteiger partial charge in [-0.2, -0.15) is 11.8 Å². The molecule has 0 aliphatic carbocycles. The van der Waals surface area contributed by atoms with Crippen LogP contribution in [0.5, 0.6) is 0 Å². The van der Waals surface area contributed by atoms with Gasteiger partial charge in [-0.05, 0) is 63.3 Å². The molecule has 1 aromatic carbocycles. The SMILES string of the molecule is C#Cc1ccc(C(C(=O)NCCCCC)N(C#C)C(=O)C(CCSC)NC(=O)OC(C)(C)C)cc1. The number of hydrogen-bond acceptors (Lipinski definition) is 5.